The van der Waals surface area contributed by atoms with Gasteiger partial charge in [0.2, 0.25) is 0 Å². The number of nitrogens with one attached hydrogen (secondary N) is 2. The summed E-state index contributed by atoms with van der Waals surface area (Å²) in [6.45, 7) is 5.50. The van der Waals surface area contributed by atoms with Crippen LogP contribution in [0.5, 0.6) is 0 Å². The van der Waals surface area contributed by atoms with Gasteiger partial charge >= 0.3 is 5.97 Å². The van der Waals surface area contributed by atoms with Crippen LogP contribution >= 0.6 is 12.2 Å². The van der Waals surface area contributed by atoms with Crippen LogP contribution in [0.15, 0.2) is 41.6 Å². The lowest BCUT2D eigenvalue weighted by molar-refractivity contribution is -0.143. The topological polar surface area (TPSA) is 50.4 Å². The van der Waals surface area contributed by atoms with Crippen molar-refractivity contribution in [2.75, 3.05) is 0 Å². The van der Waals surface area contributed by atoms with Crippen LogP contribution in [0.3, 0.4) is 0 Å². The Labute approximate surface area is 124 Å². The van der Waals surface area contributed by atoms with Gasteiger partial charge in [0.05, 0.1) is 17.7 Å². The summed E-state index contributed by atoms with van der Waals surface area (Å²) in [7, 11) is 0. The zero-order chi connectivity index (χ0) is 14.7. The van der Waals surface area contributed by atoms with E-state index in [4.69, 9.17) is 17.0 Å². The number of carbonyl (C=O) groups is 1. The second-order valence-corrected chi connectivity index (χ2v) is 5.34. The van der Waals surface area contributed by atoms with E-state index < -0.39 is 0 Å². The largest absolute Gasteiger partial charge is 0.459 e. The van der Waals surface area contributed by atoms with Crippen molar-refractivity contribution >= 4 is 23.3 Å². The van der Waals surface area contributed by atoms with Crippen LogP contribution < -0.4 is 10.6 Å². The second-order valence-electron chi connectivity index (χ2n) is 4.93. The highest BCUT2D eigenvalue weighted by Gasteiger charge is 2.31. The van der Waals surface area contributed by atoms with Crippen molar-refractivity contribution in [2.45, 2.75) is 32.9 Å². The Bertz CT molecular complexity index is 552. The Hall–Kier alpha value is -1.88. The molecule has 1 aromatic rings. The Morgan fingerprint density at radius 3 is 2.55 bits per heavy atom. The molecule has 0 amide bonds. The van der Waals surface area contributed by atoms with Gasteiger partial charge in [-0.1, -0.05) is 30.3 Å². The van der Waals surface area contributed by atoms with Crippen LogP contribution in [0.4, 0.5) is 0 Å². The molecule has 2 N–H and O–H groups in total. The monoisotopic (exact) mass is 290 g/mol. The van der Waals surface area contributed by atoms with E-state index in [-0.39, 0.29) is 18.1 Å². The molecule has 4 nitrogen and oxygen atoms in total. The zero-order valence-corrected chi connectivity index (χ0v) is 12.6. The van der Waals surface area contributed by atoms with Gasteiger partial charge < -0.3 is 15.4 Å². The van der Waals surface area contributed by atoms with Crippen molar-refractivity contribution in [1.29, 1.82) is 0 Å². The Morgan fingerprint density at radius 2 is 1.95 bits per heavy atom. The molecule has 0 spiro atoms. The molecule has 1 aliphatic rings. The molecule has 0 radical (unpaired) electrons. The molecule has 0 saturated heterocycles. The van der Waals surface area contributed by atoms with Crippen molar-refractivity contribution in [3.63, 3.8) is 0 Å². The fourth-order valence-corrected chi connectivity index (χ4v) is 2.41. The first kappa shape index (κ1) is 14.5. The smallest absolute Gasteiger partial charge is 0.338 e. The number of hydrogen-bond donors (Lipinski definition) is 2. The molecule has 0 bridgehead atoms. The fraction of sp³-hybridized carbons (Fsp3) is 0.333. The number of benzene rings is 1. The molecule has 1 heterocycles. The third-order valence-electron chi connectivity index (χ3n) is 2.96. The van der Waals surface area contributed by atoms with E-state index in [1.165, 1.54) is 0 Å². The van der Waals surface area contributed by atoms with Crippen molar-refractivity contribution in [2.24, 2.45) is 0 Å². The van der Waals surface area contributed by atoms with E-state index in [0.717, 1.165) is 11.3 Å². The predicted molar refractivity (Wildman–Crippen MR) is 82.0 cm³/mol. The van der Waals surface area contributed by atoms with Gasteiger partial charge in [-0.3, -0.25) is 0 Å². The van der Waals surface area contributed by atoms with Gasteiger partial charge in [-0.15, -0.1) is 0 Å². The maximum absolute atomic E-state index is 12.3. The van der Waals surface area contributed by atoms with Gasteiger partial charge in [0.15, 0.2) is 5.11 Å². The number of thiocarbonyl (C=S) groups is 1. The van der Waals surface area contributed by atoms with Gasteiger partial charge in [-0.05, 0) is 38.6 Å². The SMILES string of the molecule is CC1=C(C(=O)OC(C)C)[C@@H](c2ccccc2)NC(=S)N1. The first-order chi connectivity index (χ1) is 9.49. The fourth-order valence-electron chi connectivity index (χ4n) is 2.14. The van der Waals surface area contributed by atoms with Gasteiger partial charge in [-0.2, -0.15) is 0 Å². The molecule has 0 aliphatic carbocycles. The van der Waals surface area contributed by atoms with Gasteiger partial charge in [-0.25, -0.2) is 4.79 Å². The first-order valence-electron chi connectivity index (χ1n) is 6.53. The normalized spacial score (nSPS) is 18.6. The van der Waals surface area contributed by atoms with Crippen LogP contribution in [0.1, 0.15) is 32.4 Å². The van der Waals surface area contributed by atoms with E-state index in [1.54, 1.807) is 0 Å². The second kappa shape index (κ2) is 6.05. The summed E-state index contributed by atoms with van der Waals surface area (Å²) in [5, 5.41) is 6.62. The first-order valence-corrected chi connectivity index (χ1v) is 6.94. The van der Waals surface area contributed by atoms with E-state index in [9.17, 15) is 4.79 Å². The van der Waals surface area contributed by atoms with Crippen molar-refractivity contribution in [3.05, 3.63) is 47.2 Å². The van der Waals surface area contributed by atoms with Crippen LogP contribution in [-0.2, 0) is 9.53 Å². The van der Waals surface area contributed by atoms with Gasteiger partial charge in [0.25, 0.3) is 0 Å². The zero-order valence-electron chi connectivity index (χ0n) is 11.8. The number of carbonyl (C=O) groups excluding carboxylic acids is 1. The van der Waals surface area contributed by atoms with E-state index in [0.29, 0.717) is 10.7 Å². The minimum Gasteiger partial charge on any atom is -0.459 e. The molecule has 20 heavy (non-hydrogen) atoms. The lowest BCUT2D eigenvalue weighted by Crippen LogP contribution is -2.45. The molecule has 1 atom stereocenters. The van der Waals surface area contributed by atoms with Crippen LogP contribution in [0.25, 0.3) is 0 Å². The van der Waals surface area contributed by atoms with Crippen LogP contribution in [0.2, 0.25) is 0 Å². The minimum atomic E-state index is -0.325. The van der Waals surface area contributed by atoms with Gasteiger partial charge in [0, 0.05) is 5.70 Å². The average Bonchev–Trinajstić information content (AvgIpc) is 2.37. The third-order valence-corrected chi connectivity index (χ3v) is 3.18. The molecular formula is C15H18N2O2S. The van der Waals surface area contributed by atoms with Gasteiger partial charge in [0.1, 0.15) is 0 Å². The summed E-state index contributed by atoms with van der Waals surface area (Å²) < 4.78 is 5.33. The molecule has 0 fully saturated rings. The van der Waals surface area contributed by atoms with E-state index >= 15 is 0 Å². The van der Waals surface area contributed by atoms with E-state index in [1.807, 2.05) is 51.1 Å². The number of rotatable bonds is 3. The molecule has 2 rings (SSSR count). The maximum Gasteiger partial charge on any atom is 0.338 e. The summed E-state index contributed by atoms with van der Waals surface area (Å²) in [6.07, 6.45) is -0.159. The molecule has 0 saturated carbocycles. The maximum atomic E-state index is 12.3. The molecular weight excluding hydrogens is 272 g/mol. The molecule has 5 heteroatoms. The quantitative estimate of drug-likeness (QED) is 0.661. The highest BCUT2D eigenvalue weighted by molar-refractivity contribution is 7.80. The summed E-state index contributed by atoms with van der Waals surface area (Å²) >= 11 is 5.18. The standard InChI is InChI=1S/C15H18N2O2S/c1-9(2)19-14(18)12-10(3)16-15(20)17-13(12)11-7-5-4-6-8-11/h4-9,13H,1-3H3,(H2,16,17,20)/t13-/m1/s1. The number of hydrogen-bond acceptors (Lipinski definition) is 3. The van der Waals surface area contributed by atoms with E-state index in [2.05, 4.69) is 10.6 Å². The lowest BCUT2D eigenvalue weighted by atomic mass is 9.96. The van der Waals surface area contributed by atoms with Crippen molar-refractivity contribution < 1.29 is 9.53 Å². The highest BCUT2D eigenvalue weighted by Crippen LogP contribution is 2.27. The highest BCUT2D eigenvalue weighted by atomic mass is 32.1. The Balaban J connectivity index is 2.39. The van der Waals surface area contributed by atoms with Crippen LogP contribution in [0, 0.1) is 0 Å². The molecule has 0 unspecified atom stereocenters. The minimum absolute atomic E-state index is 0.159. The Kier molecular flexibility index (Phi) is 4.39. The number of allylic oxidation sites excluding steroid dienone is 1. The van der Waals surface area contributed by atoms with Crippen molar-refractivity contribution in [1.82, 2.24) is 10.6 Å². The molecule has 1 aliphatic heterocycles. The Morgan fingerprint density at radius 1 is 1.30 bits per heavy atom. The molecule has 106 valence electrons. The average molecular weight is 290 g/mol. The molecule has 1 aromatic carbocycles. The number of esters is 1. The lowest BCUT2D eigenvalue weighted by Gasteiger charge is -2.30. The van der Waals surface area contributed by atoms with Crippen LogP contribution in [-0.4, -0.2) is 17.2 Å². The summed E-state index contributed by atoms with van der Waals surface area (Å²) in [5.74, 6) is -0.325. The third kappa shape index (κ3) is 3.17. The predicted octanol–water partition coefficient (Wildman–Crippen LogP) is 2.43. The summed E-state index contributed by atoms with van der Waals surface area (Å²) in [5.41, 5.74) is 2.28. The summed E-state index contributed by atoms with van der Waals surface area (Å²) in [4.78, 5) is 12.3. The van der Waals surface area contributed by atoms with Crippen molar-refractivity contribution in [3.8, 4) is 0 Å². The number of ether oxygens (including phenoxy) is 1. The molecule has 0 aromatic heterocycles. The summed E-state index contributed by atoms with van der Waals surface area (Å²) in [6, 6.07) is 9.44.